The lowest BCUT2D eigenvalue weighted by Gasteiger charge is -2.33. The van der Waals surface area contributed by atoms with E-state index in [1.807, 2.05) is 0 Å². The molecular formula is C19H29N5O3S. The van der Waals surface area contributed by atoms with Gasteiger partial charge in [-0.2, -0.15) is 0 Å². The van der Waals surface area contributed by atoms with Crippen molar-refractivity contribution in [1.29, 1.82) is 0 Å². The Labute approximate surface area is 171 Å². The monoisotopic (exact) mass is 407 g/mol. The molecule has 28 heavy (non-hydrogen) atoms. The Balaban J connectivity index is 2.08. The Morgan fingerprint density at radius 2 is 2.00 bits per heavy atom. The van der Waals surface area contributed by atoms with Crippen LogP contribution in [-0.4, -0.2) is 35.6 Å². The van der Waals surface area contributed by atoms with E-state index >= 15 is 0 Å². The van der Waals surface area contributed by atoms with Gasteiger partial charge in [-0.25, -0.2) is 0 Å². The summed E-state index contributed by atoms with van der Waals surface area (Å²) in [5.41, 5.74) is 6.08. The molecule has 0 atom stereocenters. The van der Waals surface area contributed by atoms with E-state index in [-0.39, 0.29) is 11.3 Å². The van der Waals surface area contributed by atoms with Gasteiger partial charge < -0.3 is 10.2 Å². The SMILES string of the molecule is CC(C)CCNC(=S)NNC(=O)c1cc([N+](=O)[O-])ccc1N1CCC(C)CC1. The number of benzene rings is 1. The number of nitrogens with zero attached hydrogens (tertiary/aromatic N) is 2. The highest BCUT2D eigenvalue weighted by molar-refractivity contribution is 7.80. The van der Waals surface area contributed by atoms with Crippen molar-refractivity contribution in [1.82, 2.24) is 16.2 Å². The van der Waals surface area contributed by atoms with Crippen LogP contribution in [0.1, 0.15) is 50.4 Å². The summed E-state index contributed by atoms with van der Waals surface area (Å²) in [5, 5.41) is 14.5. The Morgan fingerprint density at radius 1 is 1.32 bits per heavy atom. The second kappa shape index (κ2) is 10.2. The minimum absolute atomic E-state index is 0.114. The number of nitro groups is 1. The number of amides is 1. The average Bonchev–Trinajstić information content (AvgIpc) is 2.66. The third kappa shape index (κ3) is 6.33. The first kappa shape index (κ1) is 21.9. The molecule has 1 heterocycles. The number of anilines is 1. The van der Waals surface area contributed by atoms with E-state index in [0.29, 0.717) is 29.2 Å². The molecule has 154 valence electrons. The first-order valence-electron chi connectivity index (χ1n) is 9.65. The standard InChI is InChI=1S/C19H29N5O3S/c1-13(2)6-9-20-19(28)22-21-18(25)16-12-15(24(26)27)4-5-17(16)23-10-7-14(3)8-11-23/h4-5,12-14H,6-11H2,1-3H3,(H,21,25)(H2,20,22,28). The number of carbonyl (C=O) groups is 1. The van der Waals surface area contributed by atoms with Gasteiger partial charge in [0.15, 0.2) is 5.11 Å². The minimum Gasteiger partial charge on any atom is -0.371 e. The molecule has 1 aromatic rings. The molecule has 1 aliphatic heterocycles. The van der Waals surface area contributed by atoms with Gasteiger partial charge in [0, 0.05) is 31.8 Å². The van der Waals surface area contributed by atoms with E-state index in [1.165, 1.54) is 12.1 Å². The quantitative estimate of drug-likeness (QED) is 0.379. The van der Waals surface area contributed by atoms with Crippen LogP contribution in [0.2, 0.25) is 0 Å². The number of non-ortho nitro benzene ring substituents is 1. The number of nitro benzene ring substituents is 1. The van der Waals surface area contributed by atoms with Gasteiger partial charge in [-0.3, -0.25) is 25.8 Å². The zero-order valence-electron chi connectivity index (χ0n) is 16.7. The molecule has 9 heteroatoms. The number of nitrogens with one attached hydrogen (secondary N) is 3. The lowest BCUT2D eigenvalue weighted by Crippen LogP contribution is -2.47. The Kier molecular flexibility index (Phi) is 7.98. The maximum atomic E-state index is 12.7. The summed E-state index contributed by atoms with van der Waals surface area (Å²) >= 11 is 5.16. The van der Waals surface area contributed by atoms with Crippen molar-refractivity contribution in [2.24, 2.45) is 11.8 Å². The summed E-state index contributed by atoms with van der Waals surface area (Å²) in [6.45, 7) is 8.78. The van der Waals surface area contributed by atoms with Crippen LogP contribution in [0.15, 0.2) is 18.2 Å². The Hall–Kier alpha value is -2.42. The molecule has 0 radical (unpaired) electrons. The molecule has 0 aromatic heterocycles. The molecular weight excluding hydrogens is 378 g/mol. The molecule has 0 saturated carbocycles. The van der Waals surface area contributed by atoms with Crippen LogP contribution >= 0.6 is 12.2 Å². The van der Waals surface area contributed by atoms with Gasteiger partial charge in [-0.05, 0) is 49.4 Å². The highest BCUT2D eigenvalue weighted by atomic mass is 32.1. The molecule has 1 aliphatic rings. The maximum Gasteiger partial charge on any atom is 0.272 e. The maximum absolute atomic E-state index is 12.7. The fraction of sp³-hybridized carbons (Fsp3) is 0.579. The molecule has 8 nitrogen and oxygen atoms in total. The summed E-state index contributed by atoms with van der Waals surface area (Å²) in [6.07, 6.45) is 3.01. The van der Waals surface area contributed by atoms with Crippen LogP contribution in [0.25, 0.3) is 0 Å². The summed E-state index contributed by atoms with van der Waals surface area (Å²) in [4.78, 5) is 25.5. The topological polar surface area (TPSA) is 99.5 Å². The van der Waals surface area contributed by atoms with E-state index < -0.39 is 10.8 Å². The van der Waals surface area contributed by atoms with Crippen molar-refractivity contribution in [3.63, 3.8) is 0 Å². The van der Waals surface area contributed by atoms with E-state index in [1.54, 1.807) is 6.07 Å². The number of hydrogen-bond donors (Lipinski definition) is 3. The van der Waals surface area contributed by atoms with Gasteiger partial charge in [0.1, 0.15) is 0 Å². The van der Waals surface area contributed by atoms with E-state index in [4.69, 9.17) is 12.2 Å². The molecule has 2 rings (SSSR count). The van der Waals surface area contributed by atoms with Crippen LogP contribution in [0.3, 0.4) is 0 Å². The van der Waals surface area contributed by atoms with E-state index in [9.17, 15) is 14.9 Å². The van der Waals surface area contributed by atoms with Crippen LogP contribution in [0.5, 0.6) is 0 Å². The second-order valence-corrected chi connectivity index (χ2v) is 8.05. The Bertz CT molecular complexity index is 718. The number of thiocarbonyl (C=S) groups is 1. The number of hydrazine groups is 1. The molecule has 1 aromatic carbocycles. The van der Waals surface area contributed by atoms with Crippen LogP contribution < -0.4 is 21.1 Å². The lowest BCUT2D eigenvalue weighted by molar-refractivity contribution is -0.384. The zero-order chi connectivity index (χ0) is 20.7. The predicted octanol–water partition coefficient (Wildman–Crippen LogP) is 2.99. The highest BCUT2D eigenvalue weighted by Crippen LogP contribution is 2.29. The lowest BCUT2D eigenvalue weighted by atomic mass is 9.98. The first-order valence-corrected chi connectivity index (χ1v) is 10.1. The van der Waals surface area contributed by atoms with Gasteiger partial charge >= 0.3 is 0 Å². The third-order valence-corrected chi connectivity index (χ3v) is 5.10. The van der Waals surface area contributed by atoms with Crippen molar-refractivity contribution in [2.45, 2.75) is 40.0 Å². The number of hydrogen-bond acceptors (Lipinski definition) is 5. The van der Waals surface area contributed by atoms with Crippen molar-refractivity contribution in [2.75, 3.05) is 24.5 Å². The van der Waals surface area contributed by atoms with E-state index in [2.05, 4.69) is 41.8 Å². The third-order valence-electron chi connectivity index (χ3n) is 4.86. The number of piperidine rings is 1. The molecule has 0 spiro atoms. The number of carbonyl (C=O) groups excluding carboxylic acids is 1. The first-order chi connectivity index (χ1) is 13.3. The summed E-state index contributed by atoms with van der Waals surface area (Å²) in [5.74, 6) is 0.734. The van der Waals surface area contributed by atoms with Gasteiger partial charge in [-0.15, -0.1) is 0 Å². The minimum atomic E-state index is -0.496. The molecule has 1 amide bonds. The summed E-state index contributed by atoms with van der Waals surface area (Å²) < 4.78 is 0. The van der Waals surface area contributed by atoms with Crippen molar-refractivity contribution >= 4 is 34.6 Å². The van der Waals surface area contributed by atoms with Crippen LogP contribution in [0.4, 0.5) is 11.4 Å². The van der Waals surface area contributed by atoms with Crippen molar-refractivity contribution in [3.05, 3.63) is 33.9 Å². The van der Waals surface area contributed by atoms with E-state index in [0.717, 1.165) is 32.4 Å². The fourth-order valence-corrected chi connectivity index (χ4v) is 3.20. The van der Waals surface area contributed by atoms with Gasteiger partial charge in [-0.1, -0.05) is 20.8 Å². The summed E-state index contributed by atoms with van der Waals surface area (Å²) in [6, 6.07) is 4.41. The van der Waals surface area contributed by atoms with Crippen LogP contribution in [-0.2, 0) is 0 Å². The van der Waals surface area contributed by atoms with Gasteiger partial charge in [0.2, 0.25) is 0 Å². The van der Waals surface area contributed by atoms with Crippen molar-refractivity contribution < 1.29 is 9.72 Å². The van der Waals surface area contributed by atoms with Crippen molar-refractivity contribution in [3.8, 4) is 0 Å². The molecule has 1 saturated heterocycles. The molecule has 0 bridgehead atoms. The molecule has 0 aliphatic carbocycles. The normalized spacial score (nSPS) is 14.6. The Morgan fingerprint density at radius 3 is 2.61 bits per heavy atom. The smallest absolute Gasteiger partial charge is 0.272 e. The number of rotatable bonds is 6. The van der Waals surface area contributed by atoms with Crippen LogP contribution in [0, 0.1) is 22.0 Å². The molecule has 0 unspecified atom stereocenters. The van der Waals surface area contributed by atoms with Gasteiger partial charge in [0.05, 0.1) is 16.2 Å². The van der Waals surface area contributed by atoms with Gasteiger partial charge in [0.25, 0.3) is 11.6 Å². The largest absolute Gasteiger partial charge is 0.371 e. The predicted molar refractivity (Wildman–Crippen MR) is 114 cm³/mol. The molecule has 3 N–H and O–H groups in total. The zero-order valence-corrected chi connectivity index (χ0v) is 17.5. The molecule has 1 fully saturated rings. The summed E-state index contributed by atoms with van der Waals surface area (Å²) in [7, 11) is 0. The highest BCUT2D eigenvalue weighted by Gasteiger charge is 2.23. The fourth-order valence-electron chi connectivity index (χ4n) is 3.04. The second-order valence-electron chi connectivity index (χ2n) is 7.65. The average molecular weight is 408 g/mol.